The first-order valence-corrected chi connectivity index (χ1v) is 10.0. The van der Waals surface area contributed by atoms with Gasteiger partial charge in [-0.3, -0.25) is 9.59 Å². The van der Waals surface area contributed by atoms with Crippen molar-refractivity contribution in [3.8, 4) is 0 Å². The van der Waals surface area contributed by atoms with E-state index in [0.29, 0.717) is 17.8 Å². The van der Waals surface area contributed by atoms with E-state index in [-0.39, 0.29) is 23.7 Å². The number of hydrazone groups is 1. The molecule has 3 aromatic rings. The quantitative estimate of drug-likeness (QED) is 0.614. The first-order chi connectivity index (χ1) is 14.5. The molecule has 2 aliphatic rings. The lowest BCUT2D eigenvalue weighted by atomic mass is 10.0. The molecule has 0 bridgehead atoms. The summed E-state index contributed by atoms with van der Waals surface area (Å²) in [7, 11) is 3.97. The van der Waals surface area contributed by atoms with E-state index >= 15 is 0 Å². The summed E-state index contributed by atoms with van der Waals surface area (Å²) in [6.45, 7) is 0.687. The van der Waals surface area contributed by atoms with Crippen LogP contribution in [0.25, 0.3) is 10.9 Å². The van der Waals surface area contributed by atoms with Gasteiger partial charge in [0.15, 0.2) is 0 Å². The Labute approximate surface area is 174 Å². The average Bonchev–Trinajstić information content (AvgIpc) is 3.47. The Hall–Kier alpha value is -3.45. The molecule has 30 heavy (non-hydrogen) atoms. The number of aromatic nitrogens is 1. The monoisotopic (exact) mass is 401 g/mol. The van der Waals surface area contributed by atoms with Crippen LogP contribution >= 0.6 is 0 Å². The van der Waals surface area contributed by atoms with Crippen molar-refractivity contribution in [3.05, 3.63) is 64.8 Å². The number of amides is 2. The van der Waals surface area contributed by atoms with Gasteiger partial charge in [-0.25, -0.2) is 5.43 Å². The lowest BCUT2D eigenvalue weighted by Crippen LogP contribution is -2.18. The fourth-order valence-electron chi connectivity index (χ4n) is 4.25. The number of nitrogens with one attached hydrogen (secondary N) is 3. The maximum atomic E-state index is 12.8. The topological polar surface area (TPSA) is 89.6 Å². The van der Waals surface area contributed by atoms with Crippen LogP contribution in [-0.2, 0) is 11.3 Å². The van der Waals surface area contributed by atoms with Crippen LogP contribution in [0.3, 0.4) is 0 Å². The minimum absolute atomic E-state index is 0.0130. The molecule has 2 aromatic carbocycles. The Balaban J connectivity index is 1.45. The first kappa shape index (κ1) is 18.6. The Morgan fingerprint density at radius 2 is 2.03 bits per heavy atom. The van der Waals surface area contributed by atoms with Crippen molar-refractivity contribution in [2.24, 2.45) is 11.0 Å². The van der Waals surface area contributed by atoms with Gasteiger partial charge in [-0.05, 0) is 44.1 Å². The number of anilines is 1. The zero-order valence-corrected chi connectivity index (χ0v) is 16.9. The summed E-state index contributed by atoms with van der Waals surface area (Å²) in [5.41, 5.74) is 7.56. The number of carbonyl (C=O) groups excluding carboxylic acids is 2. The second kappa shape index (κ2) is 7.11. The van der Waals surface area contributed by atoms with Crippen molar-refractivity contribution in [1.29, 1.82) is 0 Å². The van der Waals surface area contributed by atoms with Gasteiger partial charge >= 0.3 is 0 Å². The number of carbonyl (C=O) groups is 2. The maximum absolute atomic E-state index is 12.8. The smallest absolute Gasteiger partial charge is 0.272 e. The van der Waals surface area contributed by atoms with Crippen molar-refractivity contribution < 1.29 is 9.59 Å². The molecule has 2 amide bonds. The molecular formula is C23H23N5O2. The highest BCUT2D eigenvalue weighted by molar-refractivity contribution is 6.16. The number of nitrogens with zero attached hydrogens (tertiary/aromatic N) is 2. The van der Waals surface area contributed by atoms with Gasteiger partial charge in [0.05, 0.1) is 11.8 Å². The number of hydrogen-bond acceptors (Lipinski definition) is 4. The van der Waals surface area contributed by atoms with E-state index in [1.807, 2.05) is 43.3 Å². The van der Waals surface area contributed by atoms with Crippen LogP contribution in [0, 0.1) is 5.92 Å². The summed E-state index contributed by atoms with van der Waals surface area (Å²) >= 11 is 0. The van der Waals surface area contributed by atoms with Gasteiger partial charge in [-0.2, -0.15) is 5.10 Å². The zero-order valence-electron chi connectivity index (χ0n) is 16.9. The van der Waals surface area contributed by atoms with Crippen LogP contribution in [0.2, 0.25) is 0 Å². The first-order valence-electron chi connectivity index (χ1n) is 10.0. The predicted molar refractivity (Wildman–Crippen MR) is 117 cm³/mol. The van der Waals surface area contributed by atoms with Gasteiger partial charge in [0.1, 0.15) is 0 Å². The SMILES string of the molecule is CN(C)Cc1[nH]c2cc(NC(=O)[C@@H]3C[C@H]3c3ccccc3)cc3c2c1C=NNC3=O. The number of aromatic amines is 1. The van der Waals surface area contributed by atoms with E-state index in [2.05, 4.69) is 33.0 Å². The summed E-state index contributed by atoms with van der Waals surface area (Å²) in [4.78, 5) is 30.9. The Morgan fingerprint density at radius 3 is 2.80 bits per heavy atom. The summed E-state index contributed by atoms with van der Waals surface area (Å²) in [6.07, 6.45) is 2.53. The summed E-state index contributed by atoms with van der Waals surface area (Å²) < 4.78 is 0. The van der Waals surface area contributed by atoms with Crippen LogP contribution in [0.15, 0.2) is 47.6 Å². The van der Waals surface area contributed by atoms with Crippen LogP contribution in [-0.4, -0.2) is 42.0 Å². The molecule has 0 unspecified atom stereocenters. The van der Waals surface area contributed by atoms with Gasteiger partial charge in [-0.1, -0.05) is 30.3 Å². The molecule has 5 rings (SSSR count). The van der Waals surface area contributed by atoms with E-state index < -0.39 is 0 Å². The van der Waals surface area contributed by atoms with Crippen molar-refractivity contribution in [2.45, 2.75) is 18.9 Å². The number of H-pyrrole nitrogens is 1. The third-order valence-electron chi connectivity index (χ3n) is 5.72. The van der Waals surface area contributed by atoms with Crippen LogP contribution in [0.1, 0.15) is 39.5 Å². The van der Waals surface area contributed by atoms with Crippen LogP contribution in [0.5, 0.6) is 0 Å². The van der Waals surface area contributed by atoms with Gasteiger partial charge in [0, 0.05) is 40.3 Å². The molecular weight excluding hydrogens is 378 g/mol. The second-order valence-electron chi connectivity index (χ2n) is 8.25. The molecule has 2 heterocycles. The average molecular weight is 401 g/mol. The molecule has 152 valence electrons. The fourth-order valence-corrected chi connectivity index (χ4v) is 4.25. The Morgan fingerprint density at radius 1 is 1.23 bits per heavy atom. The standard InChI is InChI=1S/C23H23N5O2/c1-28(2)12-20-18-11-24-27-23(30)17-8-14(9-19(26-20)21(17)18)25-22(29)16-10-15(16)13-6-4-3-5-7-13/h3-9,11,15-16,26H,10,12H2,1-2H3,(H,25,29)(H,27,30)/t15-,16+/m0/s1. The molecule has 1 fully saturated rings. The zero-order chi connectivity index (χ0) is 20.8. The summed E-state index contributed by atoms with van der Waals surface area (Å²) in [5, 5.41) is 7.90. The van der Waals surface area contributed by atoms with Crippen LogP contribution in [0.4, 0.5) is 5.69 Å². The van der Waals surface area contributed by atoms with Gasteiger partial charge in [-0.15, -0.1) is 0 Å². The molecule has 0 radical (unpaired) electrons. The van der Waals surface area contributed by atoms with Gasteiger partial charge < -0.3 is 15.2 Å². The molecule has 0 spiro atoms. The van der Waals surface area contributed by atoms with Gasteiger partial charge in [0.2, 0.25) is 5.91 Å². The number of hydrogen-bond donors (Lipinski definition) is 3. The normalized spacial score (nSPS) is 19.6. The van der Waals surface area contributed by atoms with Crippen molar-refractivity contribution in [2.75, 3.05) is 19.4 Å². The van der Waals surface area contributed by atoms with E-state index in [9.17, 15) is 9.59 Å². The van der Waals surface area contributed by atoms with E-state index in [1.165, 1.54) is 5.56 Å². The molecule has 1 aliphatic heterocycles. The largest absolute Gasteiger partial charge is 0.357 e. The molecule has 3 N–H and O–H groups in total. The molecule has 1 aromatic heterocycles. The van der Waals surface area contributed by atoms with E-state index in [1.54, 1.807) is 12.3 Å². The molecule has 0 saturated heterocycles. The third kappa shape index (κ3) is 3.27. The minimum atomic E-state index is -0.282. The third-order valence-corrected chi connectivity index (χ3v) is 5.72. The number of rotatable bonds is 5. The highest BCUT2D eigenvalue weighted by Crippen LogP contribution is 2.48. The lowest BCUT2D eigenvalue weighted by Gasteiger charge is -2.08. The minimum Gasteiger partial charge on any atom is -0.357 e. The molecule has 2 atom stereocenters. The molecule has 1 saturated carbocycles. The van der Waals surface area contributed by atoms with Gasteiger partial charge in [0.25, 0.3) is 5.91 Å². The van der Waals surface area contributed by atoms with Crippen LogP contribution < -0.4 is 10.7 Å². The second-order valence-corrected chi connectivity index (χ2v) is 8.25. The van der Waals surface area contributed by atoms with Crippen molar-refractivity contribution in [3.63, 3.8) is 0 Å². The summed E-state index contributed by atoms with van der Waals surface area (Å²) in [5.74, 6) is -0.0732. The number of benzene rings is 2. The van der Waals surface area contributed by atoms with E-state index in [0.717, 1.165) is 28.6 Å². The lowest BCUT2D eigenvalue weighted by molar-refractivity contribution is -0.117. The van der Waals surface area contributed by atoms with E-state index in [4.69, 9.17) is 0 Å². The maximum Gasteiger partial charge on any atom is 0.272 e. The fraction of sp³-hybridized carbons (Fsp3) is 0.261. The Bertz CT molecular complexity index is 1180. The molecule has 7 heteroatoms. The Kier molecular flexibility index (Phi) is 4.40. The van der Waals surface area contributed by atoms with Crippen molar-refractivity contribution >= 4 is 34.6 Å². The molecule has 7 nitrogen and oxygen atoms in total. The predicted octanol–water partition coefficient (Wildman–Crippen LogP) is 3.05. The highest BCUT2D eigenvalue weighted by atomic mass is 16.2. The summed E-state index contributed by atoms with van der Waals surface area (Å²) in [6, 6.07) is 13.7. The van der Waals surface area contributed by atoms with Crippen molar-refractivity contribution in [1.82, 2.24) is 15.3 Å². The molecule has 1 aliphatic carbocycles. The highest BCUT2D eigenvalue weighted by Gasteiger charge is 2.43.